The number of amides is 3. The van der Waals surface area contributed by atoms with E-state index in [9.17, 15) is 27.2 Å². The summed E-state index contributed by atoms with van der Waals surface area (Å²) in [6, 6.07) is 14.6. The SMILES string of the molecule is CCCc1ccc(C)cc1N1C(=O)CSC1=NC(=O)Nc1ccc(CCc2ncn(-c3ccc(OC(F)(F)F)cc3)n2)cc1F. The number of amidine groups is 1. The molecule has 1 aliphatic rings. The number of aryl methyl sites for hydroxylation is 4. The number of carbonyl (C=O) groups is 2. The Bertz CT molecular complexity index is 1740. The van der Waals surface area contributed by atoms with Gasteiger partial charge in [-0.25, -0.2) is 18.9 Å². The van der Waals surface area contributed by atoms with Crippen molar-refractivity contribution in [3.8, 4) is 11.4 Å². The number of aliphatic imine (C=N–C) groups is 1. The van der Waals surface area contributed by atoms with Crippen molar-refractivity contribution < 1.29 is 31.9 Å². The maximum Gasteiger partial charge on any atom is 0.573 e. The number of nitrogens with one attached hydrogen (secondary N) is 1. The summed E-state index contributed by atoms with van der Waals surface area (Å²) in [5.41, 5.74) is 3.70. The predicted molar refractivity (Wildman–Crippen MR) is 163 cm³/mol. The van der Waals surface area contributed by atoms with E-state index in [0.29, 0.717) is 35.6 Å². The zero-order valence-corrected chi connectivity index (χ0v) is 25.1. The van der Waals surface area contributed by atoms with Gasteiger partial charge in [0.15, 0.2) is 11.0 Å². The molecule has 0 radical (unpaired) electrons. The van der Waals surface area contributed by atoms with Crippen molar-refractivity contribution in [3.63, 3.8) is 0 Å². The van der Waals surface area contributed by atoms with Gasteiger partial charge in [-0.05, 0) is 78.9 Å². The molecule has 1 aliphatic heterocycles. The van der Waals surface area contributed by atoms with Gasteiger partial charge in [0, 0.05) is 6.42 Å². The highest BCUT2D eigenvalue weighted by Crippen LogP contribution is 2.32. The first kappa shape index (κ1) is 31.7. The highest BCUT2D eigenvalue weighted by Gasteiger charge is 2.32. The number of aromatic nitrogens is 3. The van der Waals surface area contributed by atoms with Crippen LogP contribution in [0, 0.1) is 12.7 Å². The summed E-state index contributed by atoms with van der Waals surface area (Å²) in [7, 11) is 0. The Morgan fingerprint density at radius 1 is 1.07 bits per heavy atom. The average molecular weight is 641 g/mol. The van der Waals surface area contributed by atoms with E-state index >= 15 is 0 Å². The van der Waals surface area contributed by atoms with Gasteiger partial charge in [-0.15, -0.1) is 13.2 Å². The summed E-state index contributed by atoms with van der Waals surface area (Å²) < 4.78 is 57.4. The van der Waals surface area contributed by atoms with Crippen LogP contribution in [0.4, 0.5) is 33.7 Å². The third-order valence-corrected chi connectivity index (χ3v) is 7.67. The summed E-state index contributed by atoms with van der Waals surface area (Å²) in [6.45, 7) is 3.97. The molecule has 3 amide bonds. The lowest BCUT2D eigenvalue weighted by Gasteiger charge is -2.20. The second-order valence-corrected chi connectivity index (χ2v) is 11.1. The van der Waals surface area contributed by atoms with E-state index in [0.717, 1.165) is 35.7 Å². The third-order valence-electron chi connectivity index (χ3n) is 6.75. The average Bonchev–Trinajstić information content (AvgIpc) is 3.60. The number of carbonyl (C=O) groups excluding carboxylic acids is 2. The molecule has 3 aromatic carbocycles. The zero-order chi connectivity index (χ0) is 32.1. The third kappa shape index (κ3) is 8.06. The van der Waals surface area contributed by atoms with E-state index in [1.54, 1.807) is 6.07 Å². The number of ether oxygens (including phenoxy) is 1. The molecule has 1 aromatic heterocycles. The lowest BCUT2D eigenvalue weighted by atomic mass is 10.0. The maximum atomic E-state index is 14.9. The van der Waals surface area contributed by atoms with Crippen molar-refractivity contribution in [1.82, 2.24) is 14.8 Å². The summed E-state index contributed by atoms with van der Waals surface area (Å²) >= 11 is 1.15. The summed E-state index contributed by atoms with van der Waals surface area (Å²) in [4.78, 5) is 35.3. The largest absolute Gasteiger partial charge is 0.573 e. The number of benzene rings is 3. The van der Waals surface area contributed by atoms with Crippen LogP contribution in [0.25, 0.3) is 5.69 Å². The minimum atomic E-state index is -4.78. The van der Waals surface area contributed by atoms with Crippen molar-refractivity contribution in [2.24, 2.45) is 4.99 Å². The van der Waals surface area contributed by atoms with Crippen molar-refractivity contribution in [3.05, 3.63) is 95.3 Å². The standard InChI is InChI=1S/C31H28F4N6O3S/c1-3-4-21-8-5-19(2)15-26(21)41-28(42)17-45-30(41)38-29(43)37-25-13-6-20(16-24(25)32)7-14-27-36-18-40(39-27)22-9-11-23(12-10-22)44-31(33,34)35/h5-6,8-13,15-16,18H,3-4,7,14,17H2,1-2H3,(H,37,43). The Morgan fingerprint density at radius 2 is 1.84 bits per heavy atom. The predicted octanol–water partition coefficient (Wildman–Crippen LogP) is 7.02. The number of thioether (sulfide) groups is 1. The van der Waals surface area contributed by atoms with Gasteiger partial charge in [-0.1, -0.05) is 43.3 Å². The Hall–Kier alpha value is -4.72. The molecule has 1 N–H and O–H groups in total. The zero-order valence-electron chi connectivity index (χ0n) is 24.3. The molecule has 45 heavy (non-hydrogen) atoms. The van der Waals surface area contributed by atoms with E-state index in [2.05, 4.69) is 25.1 Å². The molecule has 0 unspecified atom stereocenters. The van der Waals surface area contributed by atoms with Crippen LogP contribution in [0.3, 0.4) is 0 Å². The fourth-order valence-electron chi connectivity index (χ4n) is 4.68. The number of alkyl halides is 3. The molecule has 0 aliphatic carbocycles. The molecule has 0 atom stereocenters. The van der Waals surface area contributed by atoms with Crippen LogP contribution in [-0.4, -0.2) is 44.0 Å². The van der Waals surface area contributed by atoms with Gasteiger partial charge >= 0.3 is 12.4 Å². The van der Waals surface area contributed by atoms with E-state index in [-0.39, 0.29) is 28.3 Å². The topological polar surface area (TPSA) is 102 Å². The normalized spacial score (nSPS) is 14.3. The fraction of sp³-hybridized carbons (Fsp3) is 0.258. The molecule has 2 heterocycles. The number of hydrogen-bond donors (Lipinski definition) is 1. The Morgan fingerprint density at radius 3 is 2.56 bits per heavy atom. The van der Waals surface area contributed by atoms with Crippen molar-refractivity contribution >= 4 is 40.2 Å². The number of hydrogen-bond acceptors (Lipinski definition) is 6. The molecule has 1 saturated heterocycles. The van der Waals surface area contributed by atoms with Gasteiger partial charge < -0.3 is 10.1 Å². The number of rotatable bonds is 9. The second-order valence-electron chi connectivity index (χ2n) is 10.2. The summed E-state index contributed by atoms with van der Waals surface area (Å²) in [6.07, 6.45) is -0.956. The van der Waals surface area contributed by atoms with Gasteiger partial charge in [0.05, 0.1) is 22.8 Å². The molecule has 14 heteroatoms. The molecular weight excluding hydrogens is 612 g/mol. The van der Waals surface area contributed by atoms with Gasteiger partial charge in [-0.3, -0.25) is 9.69 Å². The van der Waals surface area contributed by atoms with Crippen LogP contribution in [0.5, 0.6) is 5.75 Å². The highest BCUT2D eigenvalue weighted by molar-refractivity contribution is 8.15. The molecule has 5 rings (SSSR count). The molecule has 0 spiro atoms. The first-order valence-electron chi connectivity index (χ1n) is 14.0. The van der Waals surface area contributed by atoms with Gasteiger partial charge in [-0.2, -0.15) is 10.1 Å². The van der Waals surface area contributed by atoms with Crippen LogP contribution in [0.15, 0.2) is 72.0 Å². The van der Waals surface area contributed by atoms with Crippen molar-refractivity contribution in [2.45, 2.75) is 45.9 Å². The second kappa shape index (κ2) is 13.5. The van der Waals surface area contributed by atoms with Crippen molar-refractivity contribution in [2.75, 3.05) is 16.0 Å². The van der Waals surface area contributed by atoms with Crippen LogP contribution in [-0.2, 0) is 24.1 Å². The van der Waals surface area contributed by atoms with Crippen molar-refractivity contribution in [1.29, 1.82) is 0 Å². The first-order valence-corrected chi connectivity index (χ1v) is 15.0. The number of halogens is 4. The molecular formula is C31H28F4N6O3S. The van der Waals surface area contributed by atoms with Crippen LogP contribution in [0.2, 0.25) is 0 Å². The molecule has 234 valence electrons. The number of anilines is 2. The fourth-order valence-corrected chi connectivity index (χ4v) is 5.54. The van der Waals surface area contributed by atoms with E-state index in [4.69, 9.17) is 0 Å². The van der Waals surface area contributed by atoms with Crippen LogP contribution in [0.1, 0.15) is 35.9 Å². The Balaban J connectivity index is 1.21. The quantitative estimate of drug-likeness (QED) is 0.197. The van der Waals surface area contributed by atoms with Gasteiger partial charge in [0.2, 0.25) is 5.91 Å². The van der Waals surface area contributed by atoms with E-state index < -0.39 is 18.2 Å². The first-order chi connectivity index (χ1) is 21.5. The van der Waals surface area contributed by atoms with E-state index in [1.165, 1.54) is 52.3 Å². The van der Waals surface area contributed by atoms with Gasteiger partial charge in [0.1, 0.15) is 17.9 Å². The minimum absolute atomic E-state index is 0.0587. The molecule has 4 aromatic rings. The lowest BCUT2D eigenvalue weighted by molar-refractivity contribution is -0.274. The summed E-state index contributed by atoms with van der Waals surface area (Å²) in [5, 5.41) is 7.02. The summed E-state index contributed by atoms with van der Waals surface area (Å²) in [5.74, 6) is -0.596. The number of nitrogens with zero attached hydrogens (tertiary/aromatic N) is 5. The highest BCUT2D eigenvalue weighted by atomic mass is 32.2. The molecule has 0 bridgehead atoms. The Kier molecular flexibility index (Phi) is 9.51. The maximum absolute atomic E-state index is 14.9. The number of urea groups is 1. The lowest BCUT2D eigenvalue weighted by Crippen LogP contribution is -2.31. The minimum Gasteiger partial charge on any atom is -0.406 e. The Labute approximate surface area is 260 Å². The molecule has 0 saturated carbocycles. The van der Waals surface area contributed by atoms with Crippen LogP contribution >= 0.6 is 11.8 Å². The molecule has 1 fully saturated rings. The van der Waals surface area contributed by atoms with Crippen LogP contribution < -0.4 is 15.0 Å². The van der Waals surface area contributed by atoms with E-state index in [1.807, 2.05) is 32.0 Å². The monoisotopic (exact) mass is 640 g/mol. The molecule has 9 nitrogen and oxygen atoms in total. The van der Waals surface area contributed by atoms with Gasteiger partial charge in [0.25, 0.3) is 0 Å². The smallest absolute Gasteiger partial charge is 0.406 e.